The molecule has 2 rings (SSSR count). The highest BCUT2D eigenvalue weighted by atomic mass is 19.1. The number of Topliss-reactive ketones (excluding diaryl/α,β-unsaturated/α-hetero) is 1. The van der Waals surface area contributed by atoms with Gasteiger partial charge in [-0.25, -0.2) is 14.4 Å². The summed E-state index contributed by atoms with van der Waals surface area (Å²) in [7, 11) is 0. The molecule has 3 nitrogen and oxygen atoms in total. The van der Waals surface area contributed by atoms with Gasteiger partial charge in [0.1, 0.15) is 5.82 Å². The Hall–Kier alpha value is -2.10. The topological polar surface area (TPSA) is 42.9 Å². The van der Waals surface area contributed by atoms with Gasteiger partial charge in [0.05, 0.1) is 11.3 Å². The predicted octanol–water partition coefficient (Wildman–Crippen LogP) is 3.10. The molecular formula is C14H13FN2O. The van der Waals surface area contributed by atoms with E-state index in [0.29, 0.717) is 22.6 Å². The lowest BCUT2D eigenvalue weighted by Gasteiger charge is -2.05. The second-order valence-corrected chi connectivity index (χ2v) is 4.21. The maximum absolute atomic E-state index is 13.2. The molecule has 0 unspecified atom stereocenters. The van der Waals surface area contributed by atoms with Crippen molar-refractivity contribution in [1.82, 2.24) is 9.97 Å². The fraction of sp³-hybridized carbons (Fsp3) is 0.214. The average Bonchev–Trinajstić information content (AvgIpc) is 2.32. The van der Waals surface area contributed by atoms with Crippen molar-refractivity contribution in [2.24, 2.45) is 0 Å². The molecule has 1 aromatic carbocycles. The maximum atomic E-state index is 13.2. The highest BCUT2D eigenvalue weighted by Gasteiger charge is 2.09. The van der Waals surface area contributed by atoms with Crippen LogP contribution in [0.5, 0.6) is 0 Å². The van der Waals surface area contributed by atoms with Crippen LogP contribution in [0, 0.1) is 19.7 Å². The van der Waals surface area contributed by atoms with Gasteiger partial charge in [-0.3, -0.25) is 4.79 Å². The summed E-state index contributed by atoms with van der Waals surface area (Å²) in [5, 5.41) is 0. The Bertz CT molecular complexity index is 623. The molecule has 0 fully saturated rings. The van der Waals surface area contributed by atoms with Crippen LogP contribution in [0.15, 0.2) is 24.4 Å². The molecule has 0 spiro atoms. The van der Waals surface area contributed by atoms with Crippen LogP contribution < -0.4 is 0 Å². The Morgan fingerprint density at radius 2 is 2.00 bits per heavy atom. The first-order valence-corrected chi connectivity index (χ1v) is 5.60. The molecule has 18 heavy (non-hydrogen) atoms. The Kier molecular flexibility index (Phi) is 3.19. The third kappa shape index (κ3) is 2.27. The minimum atomic E-state index is -0.254. The Balaban J connectivity index is 2.48. The first-order valence-electron chi connectivity index (χ1n) is 5.60. The largest absolute Gasteiger partial charge is 0.294 e. The van der Waals surface area contributed by atoms with Gasteiger partial charge < -0.3 is 0 Å². The number of hydrogen-bond acceptors (Lipinski definition) is 3. The van der Waals surface area contributed by atoms with Crippen LogP contribution in [0.25, 0.3) is 11.4 Å². The number of nitrogens with zero attached hydrogens (tertiary/aromatic N) is 2. The number of aryl methyl sites for hydroxylation is 2. The summed E-state index contributed by atoms with van der Waals surface area (Å²) in [5.74, 6) is 0.186. The van der Waals surface area contributed by atoms with Gasteiger partial charge in [-0.1, -0.05) is 0 Å². The number of halogens is 1. The monoisotopic (exact) mass is 244 g/mol. The van der Waals surface area contributed by atoms with Gasteiger partial charge >= 0.3 is 0 Å². The van der Waals surface area contributed by atoms with Crippen molar-refractivity contribution in [3.05, 3.63) is 47.0 Å². The number of benzene rings is 1. The van der Waals surface area contributed by atoms with Gasteiger partial charge in [0.25, 0.3) is 0 Å². The van der Waals surface area contributed by atoms with Crippen molar-refractivity contribution in [1.29, 1.82) is 0 Å². The number of ketones is 1. The van der Waals surface area contributed by atoms with Crippen molar-refractivity contribution < 1.29 is 9.18 Å². The molecule has 0 bridgehead atoms. The van der Waals surface area contributed by atoms with Gasteiger partial charge in [0.2, 0.25) is 0 Å². The third-order valence-electron chi connectivity index (χ3n) is 2.77. The predicted molar refractivity (Wildman–Crippen MR) is 66.9 cm³/mol. The fourth-order valence-electron chi connectivity index (χ4n) is 1.74. The van der Waals surface area contributed by atoms with Gasteiger partial charge in [0.15, 0.2) is 11.6 Å². The normalized spacial score (nSPS) is 10.4. The zero-order valence-electron chi connectivity index (χ0n) is 10.5. The summed E-state index contributed by atoms with van der Waals surface area (Å²) in [4.78, 5) is 19.7. The van der Waals surface area contributed by atoms with Gasteiger partial charge in [-0.15, -0.1) is 0 Å². The summed E-state index contributed by atoms with van der Waals surface area (Å²) in [6, 6.07) is 4.71. The van der Waals surface area contributed by atoms with Crippen LogP contribution >= 0.6 is 0 Å². The molecule has 0 amide bonds. The first kappa shape index (κ1) is 12.4. The standard InChI is InChI=1S/C14H13FN2O/c1-8-6-11(4-5-13(8)15)14-16-7-12(10(3)18)9(2)17-14/h4-7H,1-3H3. The number of aromatic nitrogens is 2. The molecule has 0 radical (unpaired) electrons. The lowest BCUT2D eigenvalue weighted by atomic mass is 10.1. The molecule has 2 aromatic rings. The number of carbonyl (C=O) groups is 1. The van der Waals surface area contributed by atoms with E-state index >= 15 is 0 Å². The molecule has 0 aliphatic rings. The van der Waals surface area contributed by atoms with E-state index in [4.69, 9.17) is 0 Å². The fourth-order valence-corrected chi connectivity index (χ4v) is 1.74. The first-order chi connectivity index (χ1) is 8.49. The number of carbonyl (C=O) groups excluding carboxylic acids is 1. The molecule has 0 aliphatic heterocycles. The molecule has 0 saturated carbocycles. The molecule has 0 saturated heterocycles. The van der Waals surface area contributed by atoms with Crippen molar-refractivity contribution >= 4 is 5.78 Å². The molecule has 0 aliphatic carbocycles. The van der Waals surface area contributed by atoms with Gasteiger partial charge in [-0.2, -0.15) is 0 Å². The zero-order chi connectivity index (χ0) is 13.3. The SMILES string of the molecule is CC(=O)c1cnc(-c2ccc(F)c(C)c2)nc1C. The van der Waals surface area contributed by atoms with E-state index in [9.17, 15) is 9.18 Å². The second kappa shape index (κ2) is 4.64. The van der Waals surface area contributed by atoms with Crippen LogP contribution in [0.2, 0.25) is 0 Å². The van der Waals surface area contributed by atoms with E-state index in [2.05, 4.69) is 9.97 Å². The Labute approximate surface area is 105 Å². The van der Waals surface area contributed by atoms with Crippen LogP contribution in [-0.4, -0.2) is 15.8 Å². The Morgan fingerprint density at radius 3 is 2.56 bits per heavy atom. The molecule has 1 heterocycles. The maximum Gasteiger partial charge on any atom is 0.163 e. The van der Waals surface area contributed by atoms with E-state index in [0.717, 1.165) is 5.56 Å². The van der Waals surface area contributed by atoms with Crippen molar-refractivity contribution in [2.75, 3.05) is 0 Å². The minimum absolute atomic E-state index is 0.0608. The summed E-state index contributed by atoms with van der Waals surface area (Å²) in [6.07, 6.45) is 1.51. The summed E-state index contributed by atoms with van der Waals surface area (Å²) in [6.45, 7) is 4.93. The smallest absolute Gasteiger partial charge is 0.163 e. The summed E-state index contributed by atoms with van der Waals surface area (Å²) < 4.78 is 13.2. The highest BCUT2D eigenvalue weighted by Crippen LogP contribution is 2.19. The van der Waals surface area contributed by atoms with Crippen LogP contribution in [0.1, 0.15) is 28.5 Å². The Morgan fingerprint density at radius 1 is 1.28 bits per heavy atom. The molecule has 92 valence electrons. The van der Waals surface area contributed by atoms with Crippen molar-refractivity contribution in [3.8, 4) is 11.4 Å². The molecule has 0 atom stereocenters. The van der Waals surface area contributed by atoms with Crippen molar-refractivity contribution in [3.63, 3.8) is 0 Å². The highest BCUT2D eigenvalue weighted by molar-refractivity contribution is 5.94. The number of rotatable bonds is 2. The second-order valence-electron chi connectivity index (χ2n) is 4.21. The van der Waals surface area contributed by atoms with E-state index in [1.165, 1.54) is 19.2 Å². The van der Waals surface area contributed by atoms with Gasteiger partial charge in [-0.05, 0) is 44.5 Å². The van der Waals surface area contributed by atoms with E-state index in [-0.39, 0.29) is 11.6 Å². The zero-order valence-corrected chi connectivity index (χ0v) is 10.5. The van der Waals surface area contributed by atoms with E-state index < -0.39 is 0 Å². The van der Waals surface area contributed by atoms with E-state index in [1.807, 2.05) is 0 Å². The minimum Gasteiger partial charge on any atom is -0.294 e. The third-order valence-corrected chi connectivity index (χ3v) is 2.77. The van der Waals surface area contributed by atoms with E-state index in [1.54, 1.807) is 26.0 Å². The molecule has 1 aromatic heterocycles. The number of hydrogen-bond donors (Lipinski definition) is 0. The summed E-state index contributed by atoms with van der Waals surface area (Å²) >= 11 is 0. The average molecular weight is 244 g/mol. The lowest BCUT2D eigenvalue weighted by Crippen LogP contribution is -2.02. The quantitative estimate of drug-likeness (QED) is 0.762. The molecular weight excluding hydrogens is 231 g/mol. The molecule has 0 N–H and O–H groups in total. The lowest BCUT2D eigenvalue weighted by molar-refractivity contribution is 0.101. The molecule has 4 heteroatoms. The van der Waals surface area contributed by atoms with Crippen LogP contribution in [0.4, 0.5) is 4.39 Å². The van der Waals surface area contributed by atoms with Gasteiger partial charge in [0, 0.05) is 11.8 Å². The summed E-state index contributed by atoms with van der Waals surface area (Å²) in [5.41, 5.74) is 2.43. The van der Waals surface area contributed by atoms with Crippen LogP contribution in [0.3, 0.4) is 0 Å². The van der Waals surface area contributed by atoms with Crippen molar-refractivity contribution in [2.45, 2.75) is 20.8 Å². The van der Waals surface area contributed by atoms with Crippen LogP contribution in [-0.2, 0) is 0 Å².